The number of hydrogen-bond acceptors (Lipinski definition) is 4. The van der Waals surface area contributed by atoms with Crippen molar-refractivity contribution in [2.75, 3.05) is 5.73 Å². The molecular formula is C21H19N5O. The summed E-state index contributed by atoms with van der Waals surface area (Å²) in [5, 5.41) is 9.73. The van der Waals surface area contributed by atoms with Gasteiger partial charge in [-0.3, -0.25) is 4.79 Å². The third-order valence-electron chi connectivity index (χ3n) is 4.73. The SMILES string of the molecule is CCCn1c(=O)c(-c2nc3ccc(CC#N)cc3[nH]2)c(N)c2ccccc21. The van der Waals surface area contributed by atoms with Gasteiger partial charge in [0.2, 0.25) is 0 Å². The van der Waals surface area contributed by atoms with Crippen molar-refractivity contribution in [3.05, 3.63) is 58.4 Å². The van der Waals surface area contributed by atoms with Crippen molar-refractivity contribution >= 4 is 27.6 Å². The number of hydrogen-bond donors (Lipinski definition) is 2. The predicted octanol–water partition coefficient (Wildman–Crippen LogP) is 3.60. The van der Waals surface area contributed by atoms with Gasteiger partial charge in [-0.25, -0.2) is 4.98 Å². The minimum Gasteiger partial charge on any atom is -0.397 e. The maximum absolute atomic E-state index is 13.2. The molecule has 2 aromatic heterocycles. The van der Waals surface area contributed by atoms with Gasteiger partial charge < -0.3 is 15.3 Å². The fourth-order valence-electron chi connectivity index (χ4n) is 3.48. The van der Waals surface area contributed by atoms with Crippen LogP contribution in [0.5, 0.6) is 0 Å². The first-order valence-electron chi connectivity index (χ1n) is 8.91. The lowest BCUT2D eigenvalue weighted by Gasteiger charge is -2.14. The molecular weight excluding hydrogens is 338 g/mol. The molecule has 0 aliphatic carbocycles. The summed E-state index contributed by atoms with van der Waals surface area (Å²) in [5.41, 5.74) is 10.3. The lowest BCUT2D eigenvalue weighted by Crippen LogP contribution is -2.24. The number of pyridine rings is 1. The molecule has 0 saturated heterocycles. The van der Waals surface area contributed by atoms with E-state index in [-0.39, 0.29) is 5.56 Å². The van der Waals surface area contributed by atoms with E-state index in [1.165, 1.54) is 0 Å². The molecule has 0 radical (unpaired) electrons. The van der Waals surface area contributed by atoms with Crippen LogP contribution in [0, 0.1) is 11.3 Å². The van der Waals surface area contributed by atoms with Gasteiger partial charge in [0.05, 0.1) is 34.7 Å². The van der Waals surface area contributed by atoms with Crippen molar-refractivity contribution in [1.29, 1.82) is 5.26 Å². The smallest absolute Gasteiger partial charge is 0.264 e. The van der Waals surface area contributed by atoms with Crippen LogP contribution in [0.2, 0.25) is 0 Å². The van der Waals surface area contributed by atoms with Gasteiger partial charge in [-0.2, -0.15) is 5.26 Å². The van der Waals surface area contributed by atoms with Crippen molar-refractivity contribution < 1.29 is 0 Å². The van der Waals surface area contributed by atoms with Gasteiger partial charge in [-0.1, -0.05) is 31.2 Å². The fourth-order valence-corrected chi connectivity index (χ4v) is 3.48. The first-order valence-corrected chi connectivity index (χ1v) is 8.91. The number of para-hydroxylation sites is 1. The molecule has 27 heavy (non-hydrogen) atoms. The van der Waals surface area contributed by atoms with E-state index in [4.69, 9.17) is 11.0 Å². The first-order chi connectivity index (χ1) is 13.1. The van der Waals surface area contributed by atoms with Crippen molar-refractivity contribution in [1.82, 2.24) is 14.5 Å². The van der Waals surface area contributed by atoms with Gasteiger partial charge in [0.15, 0.2) is 0 Å². The number of rotatable bonds is 4. The van der Waals surface area contributed by atoms with Crippen LogP contribution in [-0.4, -0.2) is 14.5 Å². The number of nitrogens with two attached hydrogens (primary N) is 1. The van der Waals surface area contributed by atoms with Crippen molar-refractivity contribution in [3.8, 4) is 17.5 Å². The summed E-state index contributed by atoms with van der Waals surface area (Å²) in [4.78, 5) is 21.0. The maximum atomic E-state index is 13.2. The van der Waals surface area contributed by atoms with Crippen LogP contribution >= 0.6 is 0 Å². The Bertz CT molecular complexity index is 1260. The Labute approximate surface area is 155 Å². The number of nitriles is 1. The number of benzene rings is 2. The van der Waals surface area contributed by atoms with Crippen molar-refractivity contribution in [2.24, 2.45) is 0 Å². The molecule has 6 nitrogen and oxygen atoms in total. The van der Waals surface area contributed by atoms with Crippen molar-refractivity contribution in [3.63, 3.8) is 0 Å². The zero-order valence-electron chi connectivity index (χ0n) is 15.0. The summed E-state index contributed by atoms with van der Waals surface area (Å²) < 4.78 is 1.76. The third-order valence-corrected chi connectivity index (χ3v) is 4.73. The van der Waals surface area contributed by atoms with E-state index >= 15 is 0 Å². The minimum atomic E-state index is -0.149. The number of nitrogens with zero attached hydrogens (tertiary/aromatic N) is 3. The zero-order chi connectivity index (χ0) is 19.0. The monoisotopic (exact) mass is 357 g/mol. The van der Waals surface area contributed by atoms with E-state index in [0.717, 1.165) is 33.9 Å². The van der Waals surface area contributed by atoms with Crippen LogP contribution < -0.4 is 11.3 Å². The van der Waals surface area contributed by atoms with Gasteiger partial charge in [0.1, 0.15) is 11.4 Å². The van der Waals surface area contributed by atoms with E-state index < -0.39 is 0 Å². The zero-order valence-corrected chi connectivity index (χ0v) is 15.0. The number of aromatic nitrogens is 3. The summed E-state index contributed by atoms with van der Waals surface area (Å²) in [7, 11) is 0. The second-order valence-electron chi connectivity index (χ2n) is 6.53. The molecule has 3 N–H and O–H groups in total. The summed E-state index contributed by atoms with van der Waals surface area (Å²) >= 11 is 0. The minimum absolute atomic E-state index is 0.149. The largest absolute Gasteiger partial charge is 0.397 e. The summed E-state index contributed by atoms with van der Waals surface area (Å²) in [6, 6.07) is 15.4. The second-order valence-corrected chi connectivity index (χ2v) is 6.53. The number of H-pyrrole nitrogens is 1. The molecule has 0 saturated carbocycles. The lowest BCUT2D eigenvalue weighted by atomic mass is 10.1. The van der Waals surface area contributed by atoms with Gasteiger partial charge in [-0.05, 0) is 30.2 Å². The van der Waals surface area contributed by atoms with Gasteiger partial charge in [0.25, 0.3) is 5.56 Å². The van der Waals surface area contributed by atoms with Crippen LogP contribution in [0.25, 0.3) is 33.3 Å². The van der Waals surface area contributed by atoms with E-state index in [9.17, 15) is 4.79 Å². The maximum Gasteiger partial charge on any atom is 0.264 e. The number of aryl methyl sites for hydroxylation is 1. The summed E-state index contributed by atoms with van der Waals surface area (Å²) in [5.74, 6) is 0.456. The standard InChI is InChI=1S/C21H19N5O/c1-2-11-26-17-6-4-3-5-14(17)19(23)18(21(26)27)20-24-15-8-7-13(9-10-22)12-16(15)25-20/h3-8,12H,2,9,11,23H2,1H3,(H,24,25). The highest BCUT2D eigenvalue weighted by Gasteiger charge is 2.19. The van der Waals surface area contributed by atoms with Gasteiger partial charge in [-0.15, -0.1) is 0 Å². The molecule has 4 aromatic rings. The number of anilines is 1. The number of aromatic amines is 1. The Morgan fingerprint density at radius 3 is 2.85 bits per heavy atom. The Hall–Kier alpha value is -3.59. The Balaban J connectivity index is 2.00. The van der Waals surface area contributed by atoms with E-state index in [0.29, 0.717) is 30.0 Å². The molecule has 0 fully saturated rings. The van der Waals surface area contributed by atoms with Crippen LogP contribution in [0.4, 0.5) is 5.69 Å². The summed E-state index contributed by atoms with van der Waals surface area (Å²) in [6.45, 7) is 2.65. The molecule has 0 bridgehead atoms. The van der Waals surface area contributed by atoms with Crippen LogP contribution in [0.1, 0.15) is 18.9 Å². The highest BCUT2D eigenvalue weighted by Crippen LogP contribution is 2.29. The molecule has 0 amide bonds. The van der Waals surface area contributed by atoms with E-state index in [1.807, 2.05) is 49.4 Å². The topological polar surface area (TPSA) is 100 Å². The summed E-state index contributed by atoms with van der Waals surface area (Å²) in [6.07, 6.45) is 1.16. The molecule has 0 unspecified atom stereocenters. The van der Waals surface area contributed by atoms with Crippen LogP contribution in [0.15, 0.2) is 47.3 Å². The van der Waals surface area contributed by atoms with Crippen molar-refractivity contribution in [2.45, 2.75) is 26.3 Å². The average molecular weight is 357 g/mol. The molecule has 0 aliphatic heterocycles. The normalized spacial score (nSPS) is 11.1. The highest BCUT2D eigenvalue weighted by atomic mass is 16.1. The Morgan fingerprint density at radius 2 is 2.07 bits per heavy atom. The van der Waals surface area contributed by atoms with E-state index in [2.05, 4.69) is 16.0 Å². The van der Waals surface area contributed by atoms with Gasteiger partial charge >= 0.3 is 0 Å². The first kappa shape index (κ1) is 16.9. The Kier molecular flexibility index (Phi) is 4.13. The van der Waals surface area contributed by atoms with Crippen LogP contribution in [0.3, 0.4) is 0 Å². The van der Waals surface area contributed by atoms with Crippen LogP contribution in [-0.2, 0) is 13.0 Å². The van der Waals surface area contributed by atoms with Gasteiger partial charge in [0, 0.05) is 11.9 Å². The third kappa shape index (κ3) is 2.74. The predicted molar refractivity (Wildman–Crippen MR) is 107 cm³/mol. The lowest BCUT2D eigenvalue weighted by molar-refractivity contribution is 0.679. The number of nitrogen functional groups attached to an aromatic ring is 1. The fraction of sp³-hybridized carbons (Fsp3) is 0.190. The average Bonchev–Trinajstić information content (AvgIpc) is 3.08. The molecule has 134 valence electrons. The molecule has 2 aromatic carbocycles. The van der Waals surface area contributed by atoms with E-state index in [1.54, 1.807) is 4.57 Å². The quantitative estimate of drug-likeness (QED) is 0.583. The molecule has 0 atom stereocenters. The number of fused-ring (bicyclic) bond motifs is 2. The molecule has 4 rings (SSSR count). The molecule has 2 heterocycles. The Morgan fingerprint density at radius 1 is 1.26 bits per heavy atom. The molecule has 0 aliphatic rings. The highest BCUT2D eigenvalue weighted by molar-refractivity contribution is 5.98. The second kappa shape index (κ2) is 6.61. The molecule has 0 spiro atoms. The number of imidazole rings is 1. The number of nitrogens with one attached hydrogen (secondary N) is 1. The molecule has 6 heteroatoms.